The predicted octanol–water partition coefficient (Wildman–Crippen LogP) is 2.11. The Hall–Kier alpha value is -2.08. The van der Waals surface area contributed by atoms with E-state index in [-0.39, 0.29) is 24.6 Å². The van der Waals surface area contributed by atoms with Crippen LogP contribution in [-0.4, -0.2) is 56.7 Å². The molecule has 26 heavy (non-hydrogen) atoms. The number of benzene rings is 1. The number of likely N-dealkylation sites (N-methyl/N-ethyl adjacent to an activating group) is 1. The van der Waals surface area contributed by atoms with E-state index in [0.717, 1.165) is 25.9 Å². The molecule has 1 fully saturated rings. The van der Waals surface area contributed by atoms with E-state index in [1.54, 1.807) is 19.0 Å². The normalized spacial score (nSPS) is 18.5. The lowest BCUT2D eigenvalue weighted by molar-refractivity contribution is -0.127. The summed E-state index contributed by atoms with van der Waals surface area (Å²) in [6.45, 7) is 5.89. The Bertz CT molecular complexity index is 592. The lowest BCUT2D eigenvalue weighted by Crippen LogP contribution is -2.42. The van der Waals surface area contributed by atoms with Crippen molar-refractivity contribution in [2.24, 2.45) is 4.99 Å². The molecule has 2 unspecified atom stereocenters. The zero-order chi connectivity index (χ0) is 18.9. The molecule has 6 heteroatoms. The van der Waals surface area contributed by atoms with Gasteiger partial charge in [0.25, 0.3) is 0 Å². The van der Waals surface area contributed by atoms with Gasteiger partial charge in [-0.15, -0.1) is 0 Å². The molecule has 2 atom stereocenters. The average molecular weight is 361 g/mol. The van der Waals surface area contributed by atoms with Crippen LogP contribution in [0.2, 0.25) is 0 Å². The topological polar surface area (TPSA) is 66.0 Å². The molecule has 0 radical (unpaired) electrons. The van der Waals surface area contributed by atoms with Crippen LogP contribution >= 0.6 is 0 Å². The van der Waals surface area contributed by atoms with Gasteiger partial charge in [0.2, 0.25) is 5.91 Å². The number of aliphatic imine (C=N–C) groups is 1. The van der Waals surface area contributed by atoms with Gasteiger partial charge in [-0.05, 0) is 37.3 Å². The van der Waals surface area contributed by atoms with Crippen molar-refractivity contribution >= 4 is 11.9 Å². The van der Waals surface area contributed by atoms with E-state index in [9.17, 15) is 4.79 Å². The fourth-order valence-corrected chi connectivity index (χ4v) is 2.79. The largest absolute Gasteiger partial charge is 0.376 e. The predicted molar refractivity (Wildman–Crippen MR) is 105 cm³/mol. The molecule has 6 nitrogen and oxygen atoms in total. The Balaban J connectivity index is 2.00. The highest BCUT2D eigenvalue weighted by Crippen LogP contribution is 2.14. The third kappa shape index (κ3) is 6.33. The Kier molecular flexibility index (Phi) is 7.91. The smallest absolute Gasteiger partial charge is 0.243 e. The molecule has 2 N–H and O–H groups in total. The first-order chi connectivity index (χ1) is 12.5. The van der Waals surface area contributed by atoms with Gasteiger partial charge in [0.1, 0.15) is 6.54 Å². The average Bonchev–Trinajstić information content (AvgIpc) is 3.17. The molecule has 1 amide bonds. The van der Waals surface area contributed by atoms with Gasteiger partial charge in [-0.25, -0.2) is 4.99 Å². The van der Waals surface area contributed by atoms with E-state index in [1.807, 2.05) is 0 Å². The summed E-state index contributed by atoms with van der Waals surface area (Å²) >= 11 is 0. The van der Waals surface area contributed by atoms with Gasteiger partial charge in [0.15, 0.2) is 5.96 Å². The summed E-state index contributed by atoms with van der Waals surface area (Å²) in [5.74, 6) is 0.617. The summed E-state index contributed by atoms with van der Waals surface area (Å²) in [6, 6.07) is 8.67. The van der Waals surface area contributed by atoms with E-state index < -0.39 is 0 Å². The highest BCUT2D eigenvalue weighted by atomic mass is 16.5. The molecular formula is C20H32N4O2. The molecule has 0 aliphatic carbocycles. The van der Waals surface area contributed by atoms with Crippen molar-refractivity contribution in [2.45, 2.75) is 45.3 Å². The van der Waals surface area contributed by atoms with Crippen molar-refractivity contribution in [2.75, 3.05) is 33.8 Å². The van der Waals surface area contributed by atoms with Crippen LogP contribution in [0.3, 0.4) is 0 Å². The number of nitrogens with one attached hydrogen (secondary N) is 2. The summed E-state index contributed by atoms with van der Waals surface area (Å²) < 4.78 is 5.66. The van der Waals surface area contributed by atoms with Crippen molar-refractivity contribution in [3.8, 4) is 0 Å². The van der Waals surface area contributed by atoms with Crippen LogP contribution in [0.15, 0.2) is 29.3 Å². The summed E-state index contributed by atoms with van der Waals surface area (Å²) in [4.78, 5) is 17.9. The second kappa shape index (κ2) is 10.2. The molecule has 1 aromatic carbocycles. The molecule has 2 rings (SSSR count). The minimum Gasteiger partial charge on any atom is -0.376 e. The molecule has 1 aromatic rings. The van der Waals surface area contributed by atoms with Crippen molar-refractivity contribution in [1.29, 1.82) is 0 Å². The maximum absolute atomic E-state index is 11.9. The van der Waals surface area contributed by atoms with Gasteiger partial charge in [0.05, 0.1) is 12.1 Å². The molecule has 0 spiro atoms. The second-order valence-electron chi connectivity index (χ2n) is 6.93. The Morgan fingerprint density at radius 2 is 2.08 bits per heavy atom. The third-order valence-corrected chi connectivity index (χ3v) is 4.63. The van der Waals surface area contributed by atoms with Crippen LogP contribution in [0.25, 0.3) is 0 Å². The van der Waals surface area contributed by atoms with E-state index in [1.165, 1.54) is 11.1 Å². The van der Waals surface area contributed by atoms with Crippen molar-refractivity contribution in [3.05, 3.63) is 35.4 Å². The van der Waals surface area contributed by atoms with Crippen molar-refractivity contribution in [1.82, 2.24) is 15.5 Å². The Morgan fingerprint density at radius 3 is 2.65 bits per heavy atom. The van der Waals surface area contributed by atoms with E-state index >= 15 is 0 Å². The number of nitrogens with zero attached hydrogens (tertiary/aromatic N) is 2. The van der Waals surface area contributed by atoms with Gasteiger partial charge < -0.3 is 20.3 Å². The minimum atomic E-state index is -0.0248. The van der Waals surface area contributed by atoms with Gasteiger partial charge in [0, 0.05) is 27.2 Å². The number of hydrogen-bond acceptors (Lipinski definition) is 3. The molecule has 144 valence electrons. The van der Waals surface area contributed by atoms with Crippen LogP contribution in [0.5, 0.6) is 0 Å². The maximum Gasteiger partial charge on any atom is 0.243 e. The minimum absolute atomic E-state index is 0.0248. The zero-order valence-electron chi connectivity index (χ0n) is 16.4. The summed E-state index contributed by atoms with van der Waals surface area (Å²) in [5.41, 5.74) is 2.51. The Labute approximate surface area is 157 Å². The van der Waals surface area contributed by atoms with Crippen LogP contribution in [0.1, 0.15) is 43.9 Å². The first-order valence-corrected chi connectivity index (χ1v) is 9.45. The lowest BCUT2D eigenvalue weighted by atomic mass is 10.1. The maximum atomic E-state index is 11.9. The van der Waals surface area contributed by atoms with E-state index in [2.05, 4.69) is 53.7 Å². The van der Waals surface area contributed by atoms with Gasteiger partial charge in [-0.2, -0.15) is 0 Å². The summed E-state index contributed by atoms with van der Waals surface area (Å²) in [7, 11) is 3.48. The van der Waals surface area contributed by atoms with Gasteiger partial charge in [-0.3, -0.25) is 4.79 Å². The Morgan fingerprint density at radius 1 is 1.35 bits per heavy atom. The lowest BCUT2D eigenvalue weighted by Gasteiger charge is -2.20. The first kappa shape index (κ1) is 20.2. The molecule has 0 aromatic heterocycles. The first-order valence-electron chi connectivity index (χ1n) is 9.45. The van der Waals surface area contributed by atoms with Gasteiger partial charge in [-0.1, -0.05) is 31.2 Å². The number of ether oxygens (including phenoxy) is 1. The SMILES string of the molecule is CCc1ccc(C(C)NC(=NCC(=O)N(C)C)NCC2CCCO2)cc1. The molecular weight excluding hydrogens is 328 g/mol. The fourth-order valence-electron chi connectivity index (χ4n) is 2.79. The summed E-state index contributed by atoms with van der Waals surface area (Å²) in [5, 5.41) is 6.72. The number of hydrogen-bond donors (Lipinski definition) is 2. The molecule has 0 bridgehead atoms. The number of aryl methyl sites for hydroxylation is 1. The number of guanidine groups is 1. The number of rotatable bonds is 7. The van der Waals surface area contributed by atoms with Crippen molar-refractivity contribution in [3.63, 3.8) is 0 Å². The summed E-state index contributed by atoms with van der Waals surface area (Å²) in [6.07, 6.45) is 3.41. The van der Waals surface area contributed by atoms with Crippen molar-refractivity contribution < 1.29 is 9.53 Å². The second-order valence-corrected chi connectivity index (χ2v) is 6.93. The highest BCUT2D eigenvalue weighted by molar-refractivity contribution is 5.85. The monoisotopic (exact) mass is 360 g/mol. The highest BCUT2D eigenvalue weighted by Gasteiger charge is 2.17. The zero-order valence-corrected chi connectivity index (χ0v) is 16.4. The van der Waals surface area contributed by atoms with Crippen LogP contribution in [-0.2, 0) is 16.0 Å². The van der Waals surface area contributed by atoms with Crippen LogP contribution in [0, 0.1) is 0 Å². The number of carbonyl (C=O) groups excluding carboxylic acids is 1. The molecule has 1 saturated heterocycles. The standard InChI is InChI=1S/C20H32N4O2/c1-5-16-8-10-17(11-9-16)15(2)23-20(22-14-19(25)24(3)4)21-13-18-7-6-12-26-18/h8-11,15,18H,5-7,12-14H2,1-4H3,(H2,21,22,23). The quantitative estimate of drug-likeness (QED) is 0.577. The fraction of sp³-hybridized carbons (Fsp3) is 0.600. The van der Waals surface area contributed by atoms with Gasteiger partial charge >= 0.3 is 0 Å². The van der Waals surface area contributed by atoms with E-state index in [0.29, 0.717) is 12.5 Å². The molecule has 1 heterocycles. The third-order valence-electron chi connectivity index (χ3n) is 4.63. The van der Waals surface area contributed by atoms with Crippen LogP contribution < -0.4 is 10.6 Å². The number of amides is 1. The van der Waals surface area contributed by atoms with E-state index in [4.69, 9.17) is 4.74 Å². The molecule has 1 aliphatic heterocycles. The number of carbonyl (C=O) groups is 1. The van der Waals surface area contributed by atoms with Crippen LogP contribution in [0.4, 0.5) is 0 Å². The molecule has 1 aliphatic rings. The molecule has 0 saturated carbocycles.